The largest absolute Gasteiger partial charge is 0.373 e. The van der Waals surface area contributed by atoms with Crippen molar-refractivity contribution in [3.8, 4) is 0 Å². The van der Waals surface area contributed by atoms with Gasteiger partial charge in [0.05, 0.1) is 0 Å². The number of hydrogen-bond acceptors (Lipinski definition) is 4. The van der Waals surface area contributed by atoms with Gasteiger partial charge >= 0.3 is 0 Å². The van der Waals surface area contributed by atoms with Crippen molar-refractivity contribution in [1.82, 2.24) is 15.2 Å². The summed E-state index contributed by atoms with van der Waals surface area (Å²) in [6.45, 7) is 5.02. The SMILES string of the molecule is CCc1cc(C(=O)NC(C)CCN(C)C)cc(NC)n1. The molecule has 0 saturated heterocycles. The molecule has 20 heavy (non-hydrogen) atoms. The van der Waals surface area contributed by atoms with Crippen molar-refractivity contribution in [3.05, 3.63) is 23.4 Å². The van der Waals surface area contributed by atoms with E-state index in [2.05, 4.69) is 20.5 Å². The first-order valence-electron chi connectivity index (χ1n) is 7.10. The molecule has 0 fully saturated rings. The Morgan fingerprint density at radius 1 is 1.40 bits per heavy atom. The van der Waals surface area contributed by atoms with Gasteiger partial charge in [0.1, 0.15) is 5.82 Å². The molecule has 1 aromatic heterocycles. The van der Waals surface area contributed by atoms with Crippen molar-refractivity contribution in [3.63, 3.8) is 0 Å². The third-order valence-electron chi connectivity index (χ3n) is 3.15. The lowest BCUT2D eigenvalue weighted by Gasteiger charge is -2.17. The quantitative estimate of drug-likeness (QED) is 0.798. The Balaban J connectivity index is 2.71. The van der Waals surface area contributed by atoms with E-state index in [1.165, 1.54) is 0 Å². The van der Waals surface area contributed by atoms with Crippen LogP contribution in [0, 0.1) is 0 Å². The number of hydrogen-bond donors (Lipinski definition) is 2. The fourth-order valence-corrected chi connectivity index (χ4v) is 1.86. The maximum atomic E-state index is 12.3. The monoisotopic (exact) mass is 278 g/mol. The van der Waals surface area contributed by atoms with Gasteiger partial charge in [0.2, 0.25) is 0 Å². The van der Waals surface area contributed by atoms with Gasteiger partial charge in [0.25, 0.3) is 5.91 Å². The predicted molar refractivity (Wildman–Crippen MR) is 83.3 cm³/mol. The average molecular weight is 278 g/mol. The smallest absolute Gasteiger partial charge is 0.251 e. The van der Waals surface area contributed by atoms with Crippen LogP contribution in [0.2, 0.25) is 0 Å². The fraction of sp³-hybridized carbons (Fsp3) is 0.600. The van der Waals surface area contributed by atoms with Crippen molar-refractivity contribution >= 4 is 11.7 Å². The molecule has 0 aromatic carbocycles. The van der Waals surface area contributed by atoms with E-state index in [1.807, 2.05) is 41.1 Å². The molecule has 1 rings (SSSR count). The van der Waals surface area contributed by atoms with Crippen molar-refractivity contribution in [1.29, 1.82) is 0 Å². The number of rotatable bonds is 7. The Kier molecular flexibility index (Phi) is 6.45. The molecule has 5 nitrogen and oxygen atoms in total. The molecule has 0 aliphatic carbocycles. The lowest BCUT2D eigenvalue weighted by Crippen LogP contribution is -2.34. The number of aromatic nitrogens is 1. The van der Waals surface area contributed by atoms with Crippen LogP contribution in [0.1, 0.15) is 36.3 Å². The molecule has 1 unspecified atom stereocenters. The van der Waals surface area contributed by atoms with Crippen molar-refractivity contribution in [2.75, 3.05) is 33.0 Å². The number of nitrogens with one attached hydrogen (secondary N) is 2. The third kappa shape index (κ3) is 5.17. The summed E-state index contributed by atoms with van der Waals surface area (Å²) in [6.07, 6.45) is 1.75. The van der Waals surface area contributed by atoms with Gasteiger partial charge in [0.15, 0.2) is 0 Å². The molecule has 5 heteroatoms. The van der Waals surface area contributed by atoms with Crippen molar-refractivity contribution in [2.24, 2.45) is 0 Å². The molecular weight excluding hydrogens is 252 g/mol. The first-order chi connectivity index (χ1) is 9.46. The fourth-order valence-electron chi connectivity index (χ4n) is 1.86. The molecule has 2 N–H and O–H groups in total. The number of amides is 1. The van der Waals surface area contributed by atoms with E-state index >= 15 is 0 Å². The highest BCUT2D eigenvalue weighted by Gasteiger charge is 2.12. The zero-order chi connectivity index (χ0) is 15.1. The van der Waals surface area contributed by atoms with Crippen LogP contribution in [0.15, 0.2) is 12.1 Å². The second-order valence-corrected chi connectivity index (χ2v) is 5.30. The van der Waals surface area contributed by atoms with Gasteiger partial charge in [-0.25, -0.2) is 4.98 Å². The zero-order valence-electron chi connectivity index (χ0n) is 13.2. The van der Waals surface area contributed by atoms with E-state index in [0.717, 1.165) is 30.9 Å². The van der Waals surface area contributed by atoms with Crippen LogP contribution in [0.25, 0.3) is 0 Å². The molecule has 112 valence electrons. The summed E-state index contributed by atoms with van der Waals surface area (Å²) < 4.78 is 0. The van der Waals surface area contributed by atoms with Gasteiger partial charge in [-0.05, 0) is 52.5 Å². The van der Waals surface area contributed by atoms with Crippen LogP contribution in [0.5, 0.6) is 0 Å². The summed E-state index contributed by atoms with van der Waals surface area (Å²) >= 11 is 0. The van der Waals surface area contributed by atoms with Crippen LogP contribution in [0.3, 0.4) is 0 Å². The molecule has 0 bridgehead atoms. The van der Waals surface area contributed by atoms with Crippen molar-refractivity contribution in [2.45, 2.75) is 32.7 Å². The first kappa shape index (κ1) is 16.4. The number of pyridine rings is 1. The summed E-state index contributed by atoms with van der Waals surface area (Å²) in [5, 5.41) is 6.03. The maximum Gasteiger partial charge on any atom is 0.251 e. The molecule has 1 heterocycles. The average Bonchev–Trinajstić information content (AvgIpc) is 2.44. The normalized spacial score (nSPS) is 12.3. The van der Waals surface area contributed by atoms with E-state index in [9.17, 15) is 4.79 Å². The Morgan fingerprint density at radius 2 is 2.10 bits per heavy atom. The number of carbonyl (C=O) groups excluding carboxylic acids is 1. The van der Waals surface area contributed by atoms with Crippen LogP contribution in [0.4, 0.5) is 5.82 Å². The van der Waals surface area contributed by atoms with E-state index < -0.39 is 0 Å². The molecule has 0 spiro atoms. The standard InChI is InChI=1S/C15H26N4O/c1-6-13-9-12(10-14(16-3)18-13)15(20)17-11(2)7-8-19(4)5/h9-11H,6-8H2,1-5H3,(H,16,18)(H,17,20). The zero-order valence-corrected chi connectivity index (χ0v) is 13.2. The number of anilines is 1. The molecular formula is C15H26N4O. The van der Waals surface area contributed by atoms with E-state index in [-0.39, 0.29) is 11.9 Å². The van der Waals surface area contributed by atoms with E-state index in [0.29, 0.717) is 5.56 Å². The molecule has 0 aliphatic rings. The van der Waals surface area contributed by atoms with Crippen LogP contribution < -0.4 is 10.6 Å². The second-order valence-electron chi connectivity index (χ2n) is 5.30. The van der Waals surface area contributed by atoms with Gasteiger partial charge < -0.3 is 15.5 Å². The summed E-state index contributed by atoms with van der Waals surface area (Å²) in [4.78, 5) is 18.8. The molecule has 0 aliphatic heterocycles. The lowest BCUT2D eigenvalue weighted by atomic mass is 10.1. The van der Waals surface area contributed by atoms with Gasteiger partial charge in [0, 0.05) is 24.3 Å². The Hall–Kier alpha value is -1.62. The molecule has 1 aromatic rings. The van der Waals surface area contributed by atoms with Gasteiger partial charge in [-0.1, -0.05) is 6.92 Å². The highest BCUT2D eigenvalue weighted by Crippen LogP contribution is 2.11. The minimum absolute atomic E-state index is 0.0372. The highest BCUT2D eigenvalue weighted by molar-refractivity contribution is 5.95. The summed E-state index contributed by atoms with van der Waals surface area (Å²) in [7, 11) is 5.87. The van der Waals surface area contributed by atoms with Gasteiger partial charge in [-0.15, -0.1) is 0 Å². The minimum atomic E-state index is -0.0372. The van der Waals surface area contributed by atoms with Crippen LogP contribution >= 0.6 is 0 Å². The second kappa shape index (κ2) is 7.85. The van der Waals surface area contributed by atoms with E-state index in [1.54, 1.807) is 6.07 Å². The Labute approximate surface area is 121 Å². The summed E-state index contributed by atoms with van der Waals surface area (Å²) in [6, 6.07) is 3.79. The maximum absolute atomic E-state index is 12.3. The van der Waals surface area contributed by atoms with Gasteiger partial charge in [-0.2, -0.15) is 0 Å². The number of nitrogens with zero attached hydrogens (tertiary/aromatic N) is 2. The molecule has 0 saturated carbocycles. The summed E-state index contributed by atoms with van der Waals surface area (Å²) in [5.74, 6) is 0.695. The lowest BCUT2D eigenvalue weighted by molar-refractivity contribution is 0.0936. The number of aryl methyl sites for hydroxylation is 1. The van der Waals surface area contributed by atoms with Gasteiger partial charge in [-0.3, -0.25) is 4.79 Å². The first-order valence-corrected chi connectivity index (χ1v) is 7.10. The molecule has 1 amide bonds. The molecule has 0 radical (unpaired) electrons. The van der Waals surface area contributed by atoms with Crippen LogP contribution in [-0.4, -0.2) is 49.5 Å². The summed E-state index contributed by atoms with van der Waals surface area (Å²) in [5.41, 5.74) is 1.58. The topological polar surface area (TPSA) is 57.3 Å². The third-order valence-corrected chi connectivity index (χ3v) is 3.15. The minimum Gasteiger partial charge on any atom is -0.373 e. The van der Waals surface area contributed by atoms with Crippen molar-refractivity contribution < 1.29 is 4.79 Å². The Bertz CT molecular complexity index is 423. The predicted octanol–water partition coefficient (Wildman–Crippen LogP) is 1.76. The van der Waals surface area contributed by atoms with Crippen LogP contribution in [-0.2, 0) is 6.42 Å². The number of carbonyl (C=O) groups is 1. The Morgan fingerprint density at radius 3 is 2.65 bits per heavy atom. The molecule has 1 atom stereocenters. The highest BCUT2D eigenvalue weighted by atomic mass is 16.1. The van der Waals surface area contributed by atoms with E-state index in [4.69, 9.17) is 0 Å².